The third kappa shape index (κ3) is 2.50. The van der Waals surface area contributed by atoms with Crippen LogP contribution in [0.1, 0.15) is 13.8 Å². The van der Waals surface area contributed by atoms with Gasteiger partial charge in [-0.3, -0.25) is 4.90 Å². The number of rotatable bonds is 2. The molecule has 1 aliphatic heterocycles. The Morgan fingerprint density at radius 2 is 1.89 bits per heavy atom. The molecule has 0 radical (unpaired) electrons. The van der Waals surface area contributed by atoms with Gasteiger partial charge in [0, 0.05) is 11.6 Å². The van der Waals surface area contributed by atoms with Gasteiger partial charge in [0.05, 0.1) is 5.69 Å². The second kappa shape index (κ2) is 4.94. The monoisotopic (exact) mass is 299 g/mol. The number of thiol groups is 1. The Bertz CT molecular complexity index is 518. The SMILES string of the molecule is CCN1C(=O)N(c2ccc(Cl)cc2)C(=O)NC1(C)S. The Hall–Kier alpha value is -1.40. The lowest BCUT2D eigenvalue weighted by Gasteiger charge is -2.44. The van der Waals surface area contributed by atoms with Crippen molar-refractivity contribution in [2.75, 3.05) is 11.4 Å². The van der Waals surface area contributed by atoms with E-state index in [1.807, 2.05) is 6.92 Å². The molecule has 1 fully saturated rings. The van der Waals surface area contributed by atoms with E-state index in [0.29, 0.717) is 17.3 Å². The summed E-state index contributed by atoms with van der Waals surface area (Å²) in [5.41, 5.74) is 0.467. The minimum atomic E-state index is -0.994. The molecule has 7 heteroatoms. The minimum Gasteiger partial charge on any atom is -0.306 e. The highest BCUT2D eigenvalue weighted by Gasteiger charge is 2.43. The number of amides is 4. The first-order valence-corrected chi connectivity index (χ1v) is 6.61. The molecule has 4 amide bonds. The average Bonchev–Trinajstić information content (AvgIpc) is 2.30. The molecule has 1 heterocycles. The van der Waals surface area contributed by atoms with Crippen molar-refractivity contribution in [3.63, 3.8) is 0 Å². The fourth-order valence-electron chi connectivity index (χ4n) is 1.98. The Labute approximate surface area is 121 Å². The Balaban J connectivity index is 2.38. The summed E-state index contributed by atoms with van der Waals surface area (Å²) in [4.78, 5) is 26.0. The van der Waals surface area contributed by atoms with Gasteiger partial charge < -0.3 is 5.32 Å². The third-order valence-corrected chi connectivity index (χ3v) is 3.50. The van der Waals surface area contributed by atoms with Gasteiger partial charge in [-0.1, -0.05) is 11.6 Å². The second-order valence-corrected chi connectivity index (χ2v) is 5.60. The van der Waals surface area contributed by atoms with Gasteiger partial charge >= 0.3 is 12.1 Å². The second-order valence-electron chi connectivity index (χ2n) is 4.29. The number of anilines is 1. The molecule has 1 N–H and O–H groups in total. The number of halogens is 1. The van der Waals surface area contributed by atoms with E-state index >= 15 is 0 Å². The van der Waals surface area contributed by atoms with Crippen molar-refractivity contribution >= 4 is 42.0 Å². The van der Waals surface area contributed by atoms with Gasteiger partial charge in [-0.15, -0.1) is 12.6 Å². The molecule has 1 saturated heterocycles. The molecule has 0 saturated carbocycles. The van der Waals surface area contributed by atoms with Crippen LogP contribution in [0.25, 0.3) is 0 Å². The molecule has 102 valence electrons. The van der Waals surface area contributed by atoms with Gasteiger partial charge in [-0.05, 0) is 38.1 Å². The predicted octanol–water partition coefficient (Wildman–Crippen LogP) is 2.92. The van der Waals surface area contributed by atoms with Crippen LogP contribution in [-0.2, 0) is 0 Å². The molecule has 0 spiro atoms. The molecule has 1 aromatic carbocycles. The van der Waals surface area contributed by atoms with Crippen LogP contribution in [0, 0.1) is 0 Å². The van der Waals surface area contributed by atoms with E-state index in [-0.39, 0.29) is 0 Å². The van der Waals surface area contributed by atoms with E-state index in [9.17, 15) is 9.59 Å². The molecule has 2 rings (SSSR count). The summed E-state index contributed by atoms with van der Waals surface area (Å²) >= 11 is 10.1. The molecule has 0 aromatic heterocycles. The summed E-state index contributed by atoms with van der Waals surface area (Å²) < 4.78 is 0. The Morgan fingerprint density at radius 3 is 2.42 bits per heavy atom. The van der Waals surface area contributed by atoms with Crippen LogP contribution in [-0.4, -0.2) is 28.5 Å². The van der Waals surface area contributed by atoms with Crippen molar-refractivity contribution in [2.24, 2.45) is 0 Å². The molecule has 0 aliphatic carbocycles. The van der Waals surface area contributed by atoms with Crippen LogP contribution in [0.3, 0.4) is 0 Å². The Kier molecular flexibility index (Phi) is 3.64. The van der Waals surface area contributed by atoms with Gasteiger partial charge in [0.25, 0.3) is 0 Å². The zero-order chi connectivity index (χ0) is 14.2. The molecule has 1 unspecified atom stereocenters. The predicted molar refractivity (Wildman–Crippen MR) is 77.6 cm³/mol. The summed E-state index contributed by atoms with van der Waals surface area (Å²) in [6, 6.07) is 5.58. The Morgan fingerprint density at radius 1 is 1.32 bits per heavy atom. The number of benzene rings is 1. The molecule has 5 nitrogen and oxygen atoms in total. The average molecular weight is 300 g/mol. The van der Waals surface area contributed by atoms with E-state index in [2.05, 4.69) is 17.9 Å². The molecular weight excluding hydrogens is 286 g/mol. The van der Waals surface area contributed by atoms with Crippen molar-refractivity contribution in [3.8, 4) is 0 Å². The number of nitrogens with one attached hydrogen (secondary N) is 1. The molecule has 0 bridgehead atoms. The minimum absolute atomic E-state index is 0.411. The maximum absolute atomic E-state index is 12.4. The summed E-state index contributed by atoms with van der Waals surface area (Å²) in [7, 11) is 0. The normalized spacial score (nSPS) is 23.6. The fraction of sp³-hybridized carbons (Fsp3) is 0.333. The van der Waals surface area contributed by atoms with E-state index in [1.165, 1.54) is 4.90 Å². The summed E-state index contributed by atoms with van der Waals surface area (Å²) in [6.07, 6.45) is 0. The number of hydrogen-bond acceptors (Lipinski definition) is 3. The van der Waals surface area contributed by atoms with Gasteiger partial charge in [0.15, 0.2) is 4.99 Å². The summed E-state index contributed by atoms with van der Waals surface area (Å²) in [5, 5.41) is 3.22. The van der Waals surface area contributed by atoms with Gasteiger partial charge in [0.1, 0.15) is 0 Å². The van der Waals surface area contributed by atoms with Gasteiger partial charge in [0.2, 0.25) is 0 Å². The first-order chi connectivity index (χ1) is 8.86. The number of hydrogen-bond donors (Lipinski definition) is 2. The number of carbonyl (C=O) groups is 2. The van der Waals surface area contributed by atoms with E-state index in [1.54, 1.807) is 31.2 Å². The van der Waals surface area contributed by atoms with Crippen LogP contribution >= 0.6 is 24.2 Å². The topological polar surface area (TPSA) is 52.7 Å². The van der Waals surface area contributed by atoms with Crippen LogP contribution in [0.2, 0.25) is 5.02 Å². The molecule has 1 atom stereocenters. The number of imide groups is 1. The van der Waals surface area contributed by atoms with E-state index < -0.39 is 17.1 Å². The first-order valence-electron chi connectivity index (χ1n) is 5.78. The van der Waals surface area contributed by atoms with Crippen LogP contribution < -0.4 is 10.2 Å². The highest BCUT2D eigenvalue weighted by molar-refractivity contribution is 7.81. The molecule has 19 heavy (non-hydrogen) atoms. The maximum atomic E-state index is 12.4. The standard InChI is InChI=1S/C12H14ClN3O2S/c1-3-15-11(18)16(10(17)14-12(15,2)19)9-6-4-8(13)5-7-9/h4-7,19H,3H2,1-2H3,(H,14,17). The first kappa shape index (κ1) is 14.0. The maximum Gasteiger partial charge on any atom is 0.335 e. The van der Waals surface area contributed by atoms with E-state index in [0.717, 1.165) is 4.90 Å². The van der Waals surface area contributed by atoms with Crippen molar-refractivity contribution < 1.29 is 9.59 Å². The highest BCUT2D eigenvalue weighted by atomic mass is 35.5. The highest BCUT2D eigenvalue weighted by Crippen LogP contribution is 2.27. The molecule has 1 aliphatic rings. The van der Waals surface area contributed by atoms with Crippen LogP contribution in [0.4, 0.5) is 15.3 Å². The zero-order valence-electron chi connectivity index (χ0n) is 10.6. The van der Waals surface area contributed by atoms with E-state index in [4.69, 9.17) is 11.6 Å². The summed E-state index contributed by atoms with van der Waals surface area (Å²) in [5.74, 6) is 0. The zero-order valence-corrected chi connectivity index (χ0v) is 12.2. The van der Waals surface area contributed by atoms with Crippen molar-refractivity contribution in [2.45, 2.75) is 18.8 Å². The number of urea groups is 2. The molecule has 1 aromatic rings. The van der Waals surface area contributed by atoms with Crippen molar-refractivity contribution in [1.82, 2.24) is 10.2 Å². The quantitative estimate of drug-likeness (QED) is 0.825. The summed E-state index contributed by atoms with van der Waals surface area (Å²) in [6.45, 7) is 3.92. The van der Waals surface area contributed by atoms with Crippen LogP contribution in [0.5, 0.6) is 0 Å². The fourth-order valence-corrected chi connectivity index (χ4v) is 2.43. The van der Waals surface area contributed by atoms with Gasteiger partial charge in [-0.2, -0.15) is 0 Å². The smallest absolute Gasteiger partial charge is 0.306 e. The lowest BCUT2D eigenvalue weighted by Crippen LogP contribution is -2.69. The lowest BCUT2D eigenvalue weighted by molar-refractivity contribution is 0.150. The molecular formula is C12H14ClN3O2S. The van der Waals surface area contributed by atoms with Crippen LogP contribution in [0.15, 0.2) is 24.3 Å². The largest absolute Gasteiger partial charge is 0.335 e. The number of carbonyl (C=O) groups excluding carboxylic acids is 2. The number of nitrogens with zero attached hydrogens (tertiary/aromatic N) is 2. The van der Waals surface area contributed by atoms with Gasteiger partial charge in [-0.25, -0.2) is 14.5 Å². The van der Waals surface area contributed by atoms with Crippen molar-refractivity contribution in [3.05, 3.63) is 29.3 Å². The lowest BCUT2D eigenvalue weighted by atomic mass is 10.2. The third-order valence-electron chi connectivity index (χ3n) is 2.90. The van der Waals surface area contributed by atoms with Crippen molar-refractivity contribution in [1.29, 1.82) is 0 Å².